The fourth-order valence-electron chi connectivity index (χ4n) is 2.85. The Morgan fingerprint density at radius 3 is 2.61 bits per heavy atom. The van der Waals surface area contributed by atoms with Gasteiger partial charge in [-0.25, -0.2) is 4.98 Å². The lowest BCUT2D eigenvalue weighted by Crippen LogP contribution is -2.39. The predicted octanol–water partition coefficient (Wildman–Crippen LogP) is 3.99. The maximum Gasteiger partial charge on any atom is 0.254 e. The van der Waals surface area contributed by atoms with Crippen molar-refractivity contribution in [1.29, 1.82) is 0 Å². The summed E-state index contributed by atoms with van der Waals surface area (Å²) in [5.41, 5.74) is 1.83. The van der Waals surface area contributed by atoms with Gasteiger partial charge in [0.25, 0.3) is 5.91 Å². The van der Waals surface area contributed by atoms with E-state index < -0.39 is 0 Å². The molecule has 0 saturated carbocycles. The monoisotopic (exact) mass is 403 g/mol. The molecule has 2 rings (SSSR count). The number of carbonyl (C=O) groups excluding carboxylic acids is 2. The lowest BCUT2D eigenvalue weighted by molar-refractivity contribution is -0.116. The third-order valence-corrected chi connectivity index (χ3v) is 5.04. The van der Waals surface area contributed by atoms with E-state index in [1.165, 1.54) is 29.7 Å². The molecule has 1 N–H and O–H groups in total. The van der Waals surface area contributed by atoms with E-state index in [1.54, 1.807) is 23.6 Å². The molecule has 0 atom stereocenters. The van der Waals surface area contributed by atoms with Crippen molar-refractivity contribution in [3.63, 3.8) is 0 Å². The van der Waals surface area contributed by atoms with Gasteiger partial charge in [0.15, 0.2) is 5.13 Å². The first kappa shape index (κ1) is 22.0. The second kappa shape index (κ2) is 12.3. The number of aromatic nitrogens is 1. The Morgan fingerprint density at radius 1 is 1.18 bits per heavy atom. The molecule has 2 amide bonds. The Labute approximate surface area is 170 Å². The molecular formula is C21H29N3O3S. The molecule has 1 aromatic heterocycles. The third kappa shape index (κ3) is 7.40. The van der Waals surface area contributed by atoms with Crippen molar-refractivity contribution in [2.45, 2.75) is 39.0 Å². The number of thiazole rings is 1. The maximum atomic E-state index is 12.9. The average molecular weight is 404 g/mol. The SMILES string of the molecule is CCCCCc1ccc(C(=O)N(CCCOC)CC(=O)Nc2nccs2)cc1. The van der Waals surface area contributed by atoms with Crippen LogP contribution in [-0.2, 0) is 16.0 Å². The van der Waals surface area contributed by atoms with Crippen LogP contribution in [0.2, 0.25) is 0 Å². The molecule has 2 aromatic rings. The van der Waals surface area contributed by atoms with Crippen molar-refractivity contribution in [3.05, 3.63) is 47.0 Å². The predicted molar refractivity (Wildman–Crippen MR) is 113 cm³/mol. The van der Waals surface area contributed by atoms with Crippen LogP contribution >= 0.6 is 11.3 Å². The molecule has 0 aliphatic rings. The van der Waals surface area contributed by atoms with Crippen LogP contribution in [0.4, 0.5) is 5.13 Å². The molecular weight excluding hydrogens is 374 g/mol. The van der Waals surface area contributed by atoms with E-state index in [0.717, 1.165) is 12.8 Å². The van der Waals surface area contributed by atoms with Crippen LogP contribution in [-0.4, -0.2) is 48.5 Å². The highest BCUT2D eigenvalue weighted by atomic mass is 32.1. The normalized spacial score (nSPS) is 10.6. The fourth-order valence-corrected chi connectivity index (χ4v) is 3.39. The number of rotatable bonds is 12. The number of hydrogen-bond acceptors (Lipinski definition) is 5. The lowest BCUT2D eigenvalue weighted by Gasteiger charge is -2.22. The average Bonchev–Trinajstić information content (AvgIpc) is 3.20. The molecule has 0 saturated heterocycles. The highest BCUT2D eigenvalue weighted by molar-refractivity contribution is 7.13. The number of methoxy groups -OCH3 is 1. The lowest BCUT2D eigenvalue weighted by atomic mass is 10.0. The van der Waals surface area contributed by atoms with E-state index in [2.05, 4.69) is 17.2 Å². The van der Waals surface area contributed by atoms with Gasteiger partial charge in [-0.3, -0.25) is 9.59 Å². The number of nitrogens with one attached hydrogen (secondary N) is 1. The maximum absolute atomic E-state index is 12.9. The van der Waals surface area contributed by atoms with Crippen LogP contribution in [0.15, 0.2) is 35.8 Å². The van der Waals surface area contributed by atoms with Gasteiger partial charge in [-0.05, 0) is 37.0 Å². The van der Waals surface area contributed by atoms with Crippen molar-refractivity contribution in [3.8, 4) is 0 Å². The van der Waals surface area contributed by atoms with Crippen molar-refractivity contribution >= 4 is 28.3 Å². The zero-order chi connectivity index (χ0) is 20.2. The number of amides is 2. The topological polar surface area (TPSA) is 71.5 Å². The number of hydrogen-bond donors (Lipinski definition) is 1. The summed E-state index contributed by atoms with van der Waals surface area (Å²) in [6, 6.07) is 7.72. The van der Waals surface area contributed by atoms with Crippen LogP contribution in [0, 0.1) is 0 Å². The Kier molecular flexibility index (Phi) is 9.65. The van der Waals surface area contributed by atoms with Gasteiger partial charge in [-0.2, -0.15) is 0 Å². The van der Waals surface area contributed by atoms with E-state index in [0.29, 0.717) is 30.3 Å². The minimum Gasteiger partial charge on any atom is -0.385 e. The molecule has 0 unspecified atom stereocenters. The van der Waals surface area contributed by atoms with Gasteiger partial charge in [0.2, 0.25) is 5.91 Å². The first-order valence-corrected chi connectivity index (χ1v) is 10.6. The summed E-state index contributed by atoms with van der Waals surface area (Å²) in [6.07, 6.45) is 6.88. The molecule has 0 aliphatic heterocycles. The molecule has 0 radical (unpaired) electrons. The zero-order valence-electron chi connectivity index (χ0n) is 16.6. The van der Waals surface area contributed by atoms with E-state index >= 15 is 0 Å². The Balaban J connectivity index is 1.99. The summed E-state index contributed by atoms with van der Waals surface area (Å²) >= 11 is 1.35. The third-order valence-electron chi connectivity index (χ3n) is 4.35. The molecule has 6 nitrogen and oxygen atoms in total. The smallest absolute Gasteiger partial charge is 0.254 e. The van der Waals surface area contributed by atoms with Gasteiger partial charge in [0.05, 0.1) is 0 Å². The highest BCUT2D eigenvalue weighted by Crippen LogP contribution is 2.13. The van der Waals surface area contributed by atoms with Gasteiger partial charge in [0.1, 0.15) is 6.54 Å². The summed E-state index contributed by atoms with van der Waals surface area (Å²) in [6.45, 7) is 3.16. The Morgan fingerprint density at radius 2 is 1.96 bits per heavy atom. The molecule has 1 heterocycles. The summed E-state index contributed by atoms with van der Waals surface area (Å²) in [4.78, 5) is 30.9. The van der Waals surface area contributed by atoms with Gasteiger partial charge >= 0.3 is 0 Å². The molecule has 0 fully saturated rings. The number of unbranched alkanes of at least 4 members (excludes halogenated alkanes) is 2. The van der Waals surface area contributed by atoms with Gasteiger partial charge < -0.3 is 15.0 Å². The molecule has 28 heavy (non-hydrogen) atoms. The highest BCUT2D eigenvalue weighted by Gasteiger charge is 2.19. The number of anilines is 1. The summed E-state index contributed by atoms with van der Waals surface area (Å²) in [5.74, 6) is -0.401. The second-order valence-corrected chi connectivity index (χ2v) is 7.51. The van der Waals surface area contributed by atoms with E-state index in [-0.39, 0.29) is 18.4 Å². The van der Waals surface area contributed by atoms with Crippen molar-refractivity contribution in [1.82, 2.24) is 9.88 Å². The summed E-state index contributed by atoms with van der Waals surface area (Å²) < 4.78 is 5.08. The number of ether oxygens (including phenoxy) is 1. The molecule has 1 aromatic carbocycles. The summed E-state index contributed by atoms with van der Waals surface area (Å²) in [5, 5.41) is 5.05. The Hall–Kier alpha value is -2.25. The standard InChI is InChI=1S/C21H29N3O3S/c1-3-4-5-7-17-8-10-18(11-9-17)20(26)24(13-6-14-27-2)16-19(25)23-21-22-12-15-28-21/h8-12,15H,3-7,13-14,16H2,1-2H3,(H,22,23,25). The van der Waals surface area contributed by atoms with Gasteiger partial charge in [0, 0.05) is 37.4 Å². The minimum atomic E-state index is -0.253. The molecule has 0 spiro atoms. The van der Waals surface area contributed by atoms with Crippen LogP contribution in [0.5, 0.6) is 0 Å². The van der Waals surface area contributed by atoms with Crippen LogP contribution < -0.4 is 5.32 Å². The quantitative estimate of drug-likeness (QED) is 0.544. The van der Waals surface area contributed by atoms with Gasteiger partial charge in [-0.15, -0.1) is 11.3 Å². The first-order chi connectivity index (χ1) is 13.6. The number of carbonyl (C=O) groups is 2. The van der Waals surface area contributed by atoms with Crippen LogP contribution in [0.25, 0.3) is 0 Å². The van der Waals surface area contributed by atoms with E-state index in [1.807, 2.05) is 24.3 Å². The summed E-state index contributed by atoms with van der Waals surface area (Å²) in [7, 11) is 1.62. The Bertz CT molecular complexity index is 717. The molecule has 7 heteroatoms. The minimum absolute atomic E-state index is 0.0135. The van der Waals surface area contributed by atoms with Crippen LogP contribution in [0.3, 0.4) is 0 Å². The van der Waals surface area contributed by atoms with E-state index in [9.17, 15) is 9.59 Å². The van der Waals surface area contributed by atoms with Crippen molar-refractivity contribution in [2.24, 2.45) is 0 Å². The van der Waals surface area contributed by atoms with Gasteiger partial charge in [-0.1, -0.05) is 31.9 Å². The molecule has 152 valence electrons. The van der Waals surface area contributed by atoms with Crippen molar-refractivity contribution < 1.29 is 14.3 Å². The first-order valence-electron chi connectivity index (χ1n) is 9.70. The number of aryl methyl sites for hydroxylation is 1. The van der Waals surface area contributed by atoms with Crippen LogP contribution in [0.1, 0.15) is 48.5 Å². The van der Waals surface area contributed by atoms with E-state index in [4.69, 9.17) is 4.74 Å². The second-order valence-electron chi connectivity index (χ2n) is 6.61. The largest absolute Gasteiger partial charge is 0.385 e. The number of benzene rings is 1. The zero-order valence-corrected chi connectivity index (χ0v) is 17.5. The fraction of sp³-hybridized carbons (Fsp3) is 0.476. The molecule has 0 aliphatic carbocycles. The molecule has 0 bridgehead atoms. The number of nitrogens with zero attached hydrogens (tertiary/aromatic N) is 2. The van der Waals surface area contributed by atoms with Crippen molar-refractivity contribution in [2.75, 3.05) is 32.1 Å².